The van der Waals surface area contributed by atoms with Crippen molar-refractivity contribution < 1.29 is 14.3 Å². The first kappa shape index (κ1) is 18.2. The van der Waals surface area contributed by atoms with Gasteiger partial charge in [-0.25, -0.2) is 0 Å². The highest BCUT2D eigenvalue weighted by Gasteiger charge is 2.16. The summed E-state index contributed by atoms with van der Waals surface area (Å²) < 4.78 is 11.3. The Hall–Kier alpha value is -1.63. The van der Waals surface area contributed by atoms with Gasteiger partial charge in [0.15, 0.2) is 0 Å². The monoisotopic (exact) mass is 347 g/mol. The van der Waals surface area contributed by atoms with Crippen molar-refractivity contribution >= 4 is 5.91 Å². The fraction of sp³-hybridized carbons (Fsp3) is 0.632. The molecule has 6 nitrogen and oxygen atoms in total. The lowest BCUT2D eigenvalue weighted by Crippen LogP contribution is -2.44. The van der Waals surface area contributed by atoms with Crippen molar-refractivity contribution in [2.75, 3.05) is 52.5 Å². The molecule has 1 aromatic rings. The van der Waals surface area contributed by atoms with Crippen LogP contribution in [0.3, 0.4) is 0 Å². The lowest BCUT2D eigenvalue weighted by molar-refractivity contribution is 0.0679. The van der Waals surface area contributed by atoms with E-state index in [1.807, 2.05) is 18.2 Å². The second-order valence-electron chi connectivity index (χ2n) is 6.67. The molecule has 0 radical (unpaired) electrons. The summed E-state index contributed by atoms with van der Waals surface area (Å²) in [5.41, 5.74) is 0.645. The molecule has 2 heterocycles. The van der Waals surface area contributed by atoms with E-state index in [1.165, 1.54) is 0 Å². The van der Waals surface area contributed by atoms with Crippen LogP contribution in [-0.2, 0) is 4.74 Å². The van der Waals surface area contributed by atoms with E-state index in [-0.39, 0.29) is 12.0 Å². The molecule has 6 heteroatoms. The van der Waals surface area contributed by atoms with Crippen LogP contribution in [0.1, 0.15) is 29.6 Å². The van der Waals surface area contributed by atoms with Crippen LogP contribution >= 0.6 is 0 Å². The van der Waals surface area contributed by atoms with Crippen LogP contribution in [0.15, 0.2) is 24.3 Å². The van der Waals surface area contributed by atoms with Gasteiger partial charge in [0.1, 0.15) is 12.4 Å². The van der Waals surface area contributed by atoms with E-state index in [0.29, 0.717) is 18.7 Å². The number of benzene rings is 1. The van der Waals surface area contributed by atoms with Gasteiger partial charge in [-0.1, -0.05) is 6.07 Å². The number of amides is 1. The first-order chi connectivity index (χ1) is 12.3. The topological polar surface area (TPSA) is 62.8 Å². The van der Waals surface area contributed by atoms with Crippen LogP contribution < -0.4 is 15.4 Å². The Morgan fingerprint density at radius 2 is 2.24 bits per heavy atom. The molecule has 2 fully saturated rings. The van der Waals surface area contributed by atoms with Crippen LogP contribution in [0.2, 0.25) is 0 Å². The molecule has 0 aliphatic carbocycles. The van der Waals surface area contributed by atoms with Gasteiger partial charge in [-0.3, -0.25) is 4.79 Å². The van der Waals surface area contributed by atoms with E-state index in [1.54, 1.807) is 6.07 Å². The van der Waals surface area contributed by atoms with Crippen molar-refractivity contribution in [1.29, 1.82) is 0 Å². The third-order valence-corrected chi connectivity index (χ3v) is 4.70. The molecule has 0 saturated carbocycles. The molecule has 1 unspecified atom stereocenters. The second-order valence-corrected chi connectivity index (χ2v) is 6.67. The Balaban J connectivity index is 1.38. The third-order valence-electron chi connectivity index (χ3n) is 4.70. The lowest BCUT2D eigenvalue weighted by atomic mass is 10.2. The number of ether oxygens (including phenoxy) is 2. The summed E-state index contributed by atoms with van der Waals surface area (Å²) in [6.45, 7) is 7.42. The SMILES string of the molecule is O=C(NCCCN1CCNCC1)c1cccc(OCC2CCCO2)c1. The molecule has 2 aliphatic rings. The number of nitrogens with one attached hydrogen (secondary N) is 2. The minimum absolute atomic E-state index is 0.0390. The zero-order valence-corrected chi connectivity index (χ0v) is 14.8. The van der Waals surface area contributed by atoms with Crippen LogP contribution in [0.5, 0.6) is 5.75 Å². The third kappa shape index (κ3) is 5.99. The number of hydrogen-bond acceptors (Lipinski definition) is 5. The zero-order valence-electron chi connectivity index (χ0n) is 14.8. The second kappa shape index (κ2) is 9.75. The molecule has 3 rings (SSSR count). The Morgan fingerprint density at radius 1 is 1.36 bits per heavy atom. The smallest absolute Gasteiger partial charge is 0.251 e. The summed E-state index contributed by atoms with van der Waals surface area (Å²) in [5.74, 6) is 0.687. The highest BCUT2D eigenvalue weighted by Crippen LogP contribution is 2.17. The van der Waals surface area contributed by atoms with Crippen molar-refractivity contribution in [3.8, 4) is 5.75 Å². The highest BCUT2D eigenvalue weighted by molar-refractivity contribution is 5.94. The summed E-state index contributed by atoms with van der Waals surface area (Å²) in [7, 11) is 0. The molecule has 0 spiro atoms. The Kier molecular flexibility index (Phi) is 7.09. The first-order valence-electron chi connectivity index (χ1n) is 9.37. The molecular weight excluding hydrogens is 318 g/mol. The maximum Gasteiger partial charge on any atom is 0.251 e. The average molecular weight is 347 g/mol. The Labute approximate surface area is 149 Å². The number of carbonyl (C=O) groups excluding carboxylic acids is 1. The van der Waals surface area contributed by atoms with Gasteiger partial charge in [-0.15, -0.1) is 0 Å². The van der Waals surface area contributed by atoms with Crippen LogP contribution in [0, 0.1) is 0 Å². The molecule has 1 aromatic carbocycles. The summed E-state index contributed by atoms with van der Waals surface area (Å²) in [5, 5.41) is 6.35. The number of carbonyl (C=O) groups is 1. The fourth-order valence-electron chi connectivity index (χ4n) is 3.23. The van der Waals surface area contributed by atoms with Crippen molar-refractivity contribution in [1.82, 2.24) is 15.5 Å². The van der Waals surface area contributed by atoms with Crippen molar-refractivity contribution in [2.45, 2.75) is 25.4 Å². The molecule has 2 saturated heterocycles. The Morgan fingerprint density at radius 3 is 3.04 bits per heavy atom. The maximum atomic E-state index is 12.3. The average Bonchev–Trinajstić information content (AvgIpc) is 3.18. The van der Waals surface area contributed by atoms with Crippen molar-refractivity contribution in [3.63, 3.8) is 0 Å². The molecular formula is C19H29N3O3. The minimum atomic E-state index is -0.0390. The van der Waals surface area contributed by atoms with Crippen LogP contribution in [0.25, 0.3) is 0 Å². The first-order valence-corrected chi connectivity index (χ1v) is 9.37. The maximum absolute atomic E-state index is 12.3. The predicted octanol–water partition coefficient (Wildman–Crippen LogP) is 1.27. The summed E-state index contributed by atoms with van der Waals surface area (Å²) >= 11 is 0. The summed E-state index contributed by atoms with van der Waals surface area (Å²) in [6, 6.07) is 7.38. The summed E-state index contributed by atoms with van der Waals surface area (Å²) in [4.78, 5) is 14.7. The Bertz CT molecular complexity index is 540. The molecule has 2 N–H and O–H groups in total. The van der Waals surface area contributed by atoms with E-state index >= 15 is 0 Å². The van der Waals surface area contributed by atoms with Crippen LogP contribution in [0.4, 0.5) is 0 Å². The van der Waals surface area contributed by atoms with Gasteiger partial charge in [0.25, 0.3) is 5.91 Å². The zero-order chi connectivity index (χ0) is 17.3. The van der Waals surface area contributed by atoms with E-state index < -0.39 is 0 Å². The summed E-state index contributed by atoms with van der Waals surface area (Å²) in [6.07, 6.45) is 3.31. The molecule has 0 bridgehead atoms. The van der Waals surface area contributed by atoms with E-state index in [0.717, 1.165) is 64.3 Å². The number of hydrogen-bond donors (Lipinski definition) is 2. The number of nitrogens with zero attached hydrogens (tertiary/aromatic N) is 1. The molecule has 0 aromatic heterocycles. The van der Waals surface area contributed by atoms with Gasteiger partial charge in [-0.2, -0.15) is 0 Å². The number of piperazine rings is 1. The van der Waals surface area contributed by atoms with Gasteiger partial charge in [0.05, 0.1) is 6.10 Å². The van der Waals surface area contributed by atoms with Crippen molar-refractivity contribution in [2.24, 2.45) is 0 Å². The van der Waals surface area contributed by atoms with E-state index in [4.69, 9.17) is 9.47 Å². The van der Waals surface area contributed by atoms with Gasteiger partial charge in [0, 0.05) is 44.9 Å². The van der Waals surface area contributed by atoms with Gasteiger partial charge >= 0.3 is 0 Å². The van der Waals surface area contributed by atoms with Gasteiger partial charge < -0.3 is 25.0 Å². The molecule has 2 aliphatic heterocycles. The van der Waals surface area contributed by atoms with Crippen LogP contribution in [-0.4, -0.2) is 69.4 Å². The largest absolute Gasteiger partial charge is 0.491 e. The highest BCUT2D eigenvalue weighted by atomic mass is 16.5. The predicted molar refractivity (Wildman–Crippen MR) is 97.2 cm³/mol. The number of rotatable bonds is 8. The van der Waals surface area contributed by atoms with E-state index in [2.05, 4.69) is 15.5 Å². The molecule has 138 valence electrons. The van der Waals surface area contributed by atoms with E-state index in [9.17, 15) is 4.79 Å². The standard InChI is InChI=1S/C19H29N3O3/c23-19(21-7-3-10-22-11-8-20-9-12-22)16-4-1-5-17(14-16)25-15-18-6-2-13-24-18/h1,4-5,14,18,20H,2-3,6-13,15H2,(H,21,23). The normalized spacial score (nSPS) is 21.2. The molecule has 25 heavy (non-hydrogen) atoms. The van der Waals surface area contributed by atoms with Gasteiger partial charge in [0.2, 0.25) is 0 Å². The molecule has 1 amide bonds. The fourth-order valence-corrected chi connectivity index (χ4v) is 3.23. The van der Waals surface area contributed by atoms with Crippen molar-refractivity contribution in [3.05, 3.63) is 29.8 Å². The quantitative estimate of drug-likeness (QED) is 0.694. The lowest BCUT2D eigenvalue weighted by Gasteiger charge is -2.27. The minimum Gasteiger partial charge on any atom is -0.491 e. The van der Waals surface area contributed by atoms with Gasteiger partial charge in [-0.05, 0) is 44.0 Å². The molecule has 1 atom stereocenters.